The van der Waals surface area contributed by atoms with Gasteiger partial charge in [0.25, 0.3) is 6.71 Å². The molecule has 0 amide bonds. The zero-order chi connectivity index (χ0) is 57.8. The van der Waals surface area contributed by atoms with Crippen LogP contribution in [0.2, 0.25) is 0 Å². The summed E-state index contributed by atoms with van der Waals surface area (Å²) in [4.78, 5) is 4.93. The molecule has 12 aromatic carbocycles. The van der Waals surface area contributed by atoms with E-state index in [1.165, 1.54) is 38.9 Å². The Labute approximate surface area is 477 Å². The molecule has 0 aromatic heterocycles. The third-order valence-corrected chi connectivity index (χ3v) is 16.8. The summed E-state index contributed by atoms with van der Waals surface area (Å²) < 4.78 is 45.1. The van der Waals surface area contributed by atoms with Crippen LogP contribution in [0.25, 0.3) is 66.8 Å². The molecule has 1 aliphatic carbocycles. The molecule has 0 spiro atoms. The van der Waals surface area contributed by atoms with Gasteiger partial charge in [-0.3, -0.25) is 0 Å². The number of fused-ring (bicyclic) bond motifs is 7. The first-order chi connectivity index (χ1) is 41.4. The Kier molecular flexibility index (Phi) is 10.1. The maximum absolute atomic E-state index is 9.36. The summed E-state index contributed by atoms with van der Waals surface area (Å²) in [5.41, 5.74) is 25.9. The number of para-hydroxylation sites is 1. The highest BCUT2D eigenvalue weighted by molar-refractivity contribution is 7.00. The summed E-state index contributed by atoms with van der Waals surface area (Å²) >= 11 is 0. The lowest BCUT2D eigenvalue weighted by molar-refractivity contribution is 0.591. The summed E-state index contributed by atoms with van der Waals surface area (Å²) in [7, 11) is 0. The maximum Gasteiger partial charge on any atom is 0.252 e. The molecule has 0 N–H and O–H groups in total. The Morgan fingerprint density at radius 2 is 0.850 bits per heavy atom. The van der Waals surface area contributed by atoms with Crippen molar-refractivity contribution in [1.29, 1.82) is 0 Å². The number of rotatable bonds is 8. The van der Waals surface area contributed by atoms with Crippen molar-refractivity contribution in [3.63, 3.8) is 0 Å². The lowest BCUT2D eigenvalue weighted by Gasteiger charge is -2.45. The average molecular weight is 1030 g/mol. The van der Waals surface area contributed by atoms with Crippen LogP contribution in [-0.2, 0) is 5.41 Å². The third-order valence-electron chi connectivity index (χ3n) is 16.8. The van der Waals surface area contributed by atoms with Crippen LogP contribution in [-0.4, -0.2) is 6.71 Å². The second kappa shape index (κ2) is 19.0. The van der Waals surface area contributed by atoms with E-state index in [1.807, 2.05) is 6.07 Å². The number of anilines is 6. The van der Waals surface area contributed by atoms with Crippen molar-refractivity contribution < 1.29 is 6.85 Å². The first-order valence-electron chi connectivity index (χ1n) is 30.2. The Bertz CT molecular complexity index is 4570. The summed E-state index contributed by atoms with van der Waals surface area (Å²) in [6, 6.07) is 90.4. The number of hydrogen-bond donors (Lipinski definition) is 0. The van der Waals surface area contributed by atoms with Crippen LogP contribution in [0.1, 0.15) is 55.8 Å². The van der Waals surface area contributed by atoms with E-state index in [2.05, 4.69) is 279 Å². The van der Waals surface area contributed by atoms with Gasteiger partial charge in [-0.25, -0.2) is 0 Å². The van der Waals surface area contributed by atoms with Gasteiger partial charge in [-0.05, 0) is 137 Å². The zero-order valence-electron chi connectivity index (χ0n) is 49.8. The van der Waals surface area contributed by atoms with Crippen LogP contribution in [0.5, 0.6) is 0 Å². The molecular formula is C77H57BN2. The molecule has 80 heavy (non-hydrogen) atoms. The molecule has 1 unspecified atom stereocenters. The lowest BCUT2D eigenvalue weighted by atomic mass is 9.33. The van der Waals surface area contributed by atoms with Gasteiger partial charge in [-0.1, -0.05) is 263 Å². The first-order valence-corrected chi connectivity index (χ1v) is 27.7. The van der Waals surface area contributed by atoms with Gasteiger partial charge >= 0.3 is 0 Å². The minimum absolute atomic E-state index is 0.0327. The van der Waals surface area contributed by atoms with Crippen LogP contribution < -0.4 is 26.2 Å². The van der Waals surface area contributed by atoms with Crippen molar-refractivity contribution in [1.82, 2.24) is 0 Å². The van der Waals surface area contributed by atoms with Gasteiger partial charge in [0, 0.05) is 45.4 Å². The van der Waals surface area contributed by atoms with Crippen LogP contribution in [0.3, 0.4) is 0 Å². The molecule has 0 fully saturated rings. The fraction of sp³-hybridized carbons (Fsp3) is 0.0649. The van der Waals surface area contributed by atoms with Gasteiger partial charge < -0.3 is 9.80 Å². The van der Waals surface area contributed by atoms with E-state index in [-0.39, 0.29) is 47.8 Å². The Balaban J connectivity index is 1.05. The lowest BCUT2D eigenvalue weighted by Crippen LogP contribution is -2.61. The van der Waals surface area contributed by atoms with E-state index in [0.29, 0.717) is 5.56 Å². The third kappa shape index (κ3) is 7.71. The van der Waals surface area contributed by atoms with Crippen LogP contribution in [0.15, 0.2) is 285 Å². The molecule has 1 atom stereocenters. The van der Waals surface area contributed by atoms with Gasteiger partial charge in [0.15, 0.2) is 0 Å². The Hall–Kier alpha value is -9.70. The fourth-order valence-corrected chi connectivity index (χ4v) is 13.2. The average Bonchev–Trinajstić information content (AvgIpc) is 1.21. The number of nitrogens with zero attached hydrogens (tertiary/aromatic N) is 2. The Morgan fingerprint density at radius 3 is 1.50 bits per heavy atom. The first kappa shape index (κ1) is 42.3. The largest absolute Gasteiger partial charge is 0.311 e. The second-order valence-corrected chi connectivity index (χ2v) is 22.3. The van der Waals surface area contributed by atoms with E-state index in [0.717, 1.165) is 89.5 Å². The quantitative estimate of drug-likeness (QED) is 0.140. The molecule has 0 saturated heterocycles. The SMILES string of the molecule is [2H]c1c([2H])c([2H])c(-c2ccc3c(c2)N(c2c(-c4ccccc4)cc(C(C)(C)C)cc2-c2ccccc2)c2cccc4c2B3c2ccc(-c3cccc5c3C(c3ccccc3)c3ccccc3-5)cc2N4c2ccccc2-c2ccccc2)c([2H])c1[2H]. The van der Waals surface area contributed by atoms with Crippen molar-refractivity contribution in [3.8, 4) is 66.8 Å². The summed E-state index contributed by atoms with van der Waals surface area (Å²) in [5, 5.41) is 0. The molecular weight excluding hydrogens is 964 g/mol. The highest BCUT2D eigenvalue weighted by Gasteiger charge is 2.45. The molecule has 2 heterocycles. The standard InChI is InChI=1S/C77H57BN2/c1-77(2,3)58-49-64(53-29-13-6-14-30-53)76(65(50-58)54-31-15-7-16-32-54)80-70-42-24-41-69-75(70)78(67-45-43-56(47-72(67)80)51-25-9-4-10-26-51)66-46-44-57(48-71(66)79(69)68-40-22-21-35-59(68)52-27-11-5-12-28-52)60-38-23-39-63-61-36-19-20-37-62(61)73(74(60)63)55-33-17-8-18-34-55/h4-50,73H,1-3H3/i4D,9D,10D,25D,26D. The van der Waals surface area contributed by atoms with Gasteiger partial charge in [0.2, 0.25) is 0 Å². The second-order valence-electron chi connectivity index (χ2n) is 22.3. The molecule has 0 saturated carbocycles. The molecule has 0 radical (unpaired) electrons. The molecule has 2 aliphatic heterocycles. The summed E-state index contributed by atoms with van der Waals surface area (Å²) in [5.74, 6) is 0.0327. The normalized spacial score (nSPS) is 14.6. The van der Waals surface area contributed by atoms with Crippen LogP contribution in [0.4, 0.5) is 34.1 Å². The minimum Gasteiger partial charge on any atom is -0.311 e. The smallest absolute Gasteiger partial charge is 0.252 e. The van der Waals surface area contributed by atoms with Crippen molar-refractivity contribution in [3.05, 3.63) is 307 Å². The molecule has 2 nitrogen and oxygen atoms in total. The van der Waals surface area contributed by atoms with E-state index in [1.54, 1.807) is 0 Å². The predicted molar refractivity (Wildman–Crippen MR) is 339 cm³/mol. The molecule has 15 rings (SSSR count). The zero-order valence-corrected chi connectivity index (χ0v) is 44.8. The van der Waals surface area contributed by atoms with E-state index >= 15 is 0 Å². The van der Waals surface area contributed by atoms with Gasteiger partial charge in [-0.2, -0.15) is 0 Å². The minimum atomic E-state index is -0.420. The molecule has 3 heteroatoms. The maximum atomic E-state index is 9.36. The monoisotopic (exact) mass is 1030 g/mol. The molecule has 12 aromatic rings. The van der Waals surface area contributed by atoms with Gasteiger partial charge in [0.1, 0.15) is 0 Å². The van der Waals surface area contributed by atoms with Gasteiger partial charge in [0.05, 0.1) is 18.2 Å². The molecule has 0 bridgehead atoms. The van der Waals surface area contributed by atoms with Crippen molar-refractivity contribution in [2.45, 2.75) is 32.1 Å². The van der Waals surface area contributed by atoms with E-state index < -0.39 is 6.04 Å². The topological polar surface area (TPSA) is 6.48 Å². The van der Waals surface area contributed by atoms with Crippen LogP contribution in [0, 0.1) is 0 Å². The van der Waals surface area contributed by atoms with E-state index in [9.17, 15) is 2.74 Å². The summed E-state index contributed by atoms with van der Waals surface area (Å²) in [6.07, 6.45) is 0. The predicted octanol–water partition coefficient (Wildman–Crippen LogP) is 18.6. The van der Waals surface area contributed by atoms with Crippen LogP contribution >= 0.6 is 0 Å². The van der Waals surface area contributed by atoms with Crippen molar-refractivity contribution in [2.75, 3.05) is 9.80 Å². The van der Waals surface area contributed by atoms with Gasteiger partial charge in [-0.15, -0.1) is 0 Å². The highest BCUT2D eigenvalue weighted by Crippen LogP contribution is 2.55. The highest BCUT2D eigenvalue weighted by atomic mass is 15.2. The number of hydrogen-bond acceptors (Lipinski definition) is 2. The Morgan fingerprint density at radius 1 is 0.362 bits per heavy atom. The van der Waals surface area contributed by atoms with Crippen molar-refractivity contribution in [2.24, 2.45) is 0 Å². The fourth-order valence-electron chi connectivity index (χ4n) is 13.2. The molecule has 378 valence electrons. The van der Waals surface area contributed by atoms with E-state index in [4.69, 9.17) is 4.11 Å². The number of benzene rings is 12. The van der Waals surface area contributed by atoms with Crippen molar-refractivity contribution >= 4 is 57.2 Å². The summed E-state index contributed by atoms with van der Waals surface area (Å²) in [6.45, 7) is 6.49. The molecule has 3 aliphatic rings.